The monoisotopic (exact) mass is 288 g/mol. The van der Waals surface area contributed by atoms with Crippen LogP contribution in [0.4, 0.5) is 0 Å². The lowest BCUT2D eigenvalue weighted by atomic mass is 9.76. The van der Waals surface area contributed by atoms with Crippen LogP contribution in [0, 0.1) is 11.3 Å². The molecule has 0 heterocycles. The third-order valence-electron chi connectivity index (χ3n) is 4.17. The Morgan fingerprint density at radius 3 is 1.60 bits per heavy atom. The Bertz CT molecular complexity index is 221. The quantitative estimate of drug-likeness (QED) is 0.396. The Balaban J connectivity index is 4.51. The third-order valence-corrected chi connectivity index (χ3v) is 4.17. The number of hydrogen-bond acceptors (Lipinski definition) is 3. The molecular formula is C17H36O3. The molecule has 0 aromatic carbocycles. The van der Waals surface area contributed by atoms with Crippen molar-refractivity contribution in [3.05, 3.63) is 0 Å². The highest BCUT2D eigenvalue weighted by molar-refractivity contribution is 4.82. The average Bonchev–Trinajstić information content (AvgIpc) is 2.41. The number of unbranched alkanes of at least 4 members (excludes halogenated alkanes) is 5. The Hall–Kier alpha value is -0.120. The summed E-state index contributed by atoms with van der Waals surface area (Å²) >= 11 is 0. The van der Waals surface area contributed by atoms with Crippen molar-refractivity contribution in [3.63, 3.8) is 0 Å². The zero-order valence-electron chi connectivity index (χ0n) is 14.8. The summed E-state index contributed by atoms with van der Waals surface area (Å²) in [6, 6.07) is 0. The van der Waals surface area contributed by atoms with E-state index in [0.717, 1.165) is 6.42 Å². The van der Waals surface area contributed by atoms with Crippen LogP contribution in [0.25, 0.3) is 0 Å². The second-order valence-electron chi connectivity index (χ2n) is 6.69. The van der Waals surface area contributed by atoms with Crippen molar-refractivity contribution in [1.82, 2.24) is 0 Å². The molecule has 3 heteroatoms. The highest BCUT2D eigenvalue weighted by Gasteiger charge is 2.46. The van der Waals surface area contributed by atoms with Gasteiger partial charge in [-0.15, -0.1) is 0 Å². The summed E-state index contributed by atoms with van der Waals surface area (Å²) in [5.74, 6) is -0.719. The van der Waals surface area contributed by atoms with Gasteiger partial charge in [-0.05, 0) is 11.8 Å². The van der Waals surface area contributed by atoms with Gasteiger partial charge in [-0.1, -0.05) is 66.2 Å². The molecule has 0 N–H and O–H groups in total. The molecule has 3 nitrogen and oxygen atoms in total. The van der Waals surface area contributed by atoms with Crippen molar-refractivity contribution in [2.24, 2.45) is 11.3 Å². The third kappa shape index (κ3) is 6.11. The minimum absolute atomic E-state index is 0.0748. The summed E-state index contributed by atoms with van der Waals surface area (Å²) in [6.07, 6.45) is 8.85. The van der Waals surface area contributed by atoms with Crippen molar-refractivity contribution >= 4 is 0 Å². The van der Waals surface area contributed by atoms with Crippen LogP contribution in [0.3, 0.4) is 0 Å². The molecule has 0 aliphatic rings. The van der Waals surface area contributed by atoms with Crippen LogP contribution in [0.15, 0.2) is 0 Å². The van der Waals surface area contributed by atoms with Gasteiger partial charge >= 0.3 is 0 Å². The smallest absolute Gasteiger partial charge is 0.285 e. The minimum Gasteiger partial charge on any atom is -0.331 e. The molecule has 0 rings (SSSR count). The van der Waals surface area contributed by atoms with Crippen molar-refractivity contribution in [2.75, 3.05) is 21.3 Å². The first-order valence-electron chi connectivity index (χ1n) is 8.03. The summed E-state index contributed by atoms with van der Waals surface area (Å²) in [4.78, 5) is 0. The van der Waals surface area contributed by atoms with Gasteiger partial charge in [0.1, 0.15) is 0 Å². The zero-order valence-corrected chi connectivity index (χ0v) is 14.8. The van der Waals surface area contributed by atoms with Gasteiger partial charge in [0.15, 0.2) is 0 Å². The maximum absolute atomic E-state index is 5.58. The van der Waals surface area contributed by atoms with E-state index in [1.54, 1.807) is 21.3 Å². The molecule has 20 heavy (non-hydrogen) atoms. The fourth-order valence-electron chi connectivity index (χ4n) is 2.95. The van der Waals surface area contributed by atoms with Crippen LogP contribution in [0.1, 0.15) is 72.6 Å². The second kappa shape index (κ2) is 9.75. The first-order valence-corrected chi connectivity index (χ1v) is 8.03. The predicted molar refractivity (Wildman–Crippen MR) is 84.7 cm³/mol. The van der Waals surface area contributed by atoms with Gasteiger partial charge in [-0.3, -0.25) is 0 Å². The second-order valence-corrected chi connectivity index (χ2v) is 6.69. The van der Waals surface area contributed by atoms with E-state index >= 15 is 0 Å². The van der Waals surface area contributed by atoms with Crippen LogP contribution < -0.4 is 0 Å². The molecule has 0 spiro atoms. The van der Waals surface area contributed by atoms with Gasteiger partial charge in [0.25, 0.3) is 5.97 Å². The van der Waals surface area contributed by atoms with Crippen molar-refractivity contribution in [3.8, 4) is 0 Å². The van der Waals surface area contributed by atoms with Crippen LogP contribution in [0.5, 0.6) is 0 Å². The Morgan fingerprint density at radius 2 is 1.20 bits per heavy atom. The molecule has 1 unspecified atom stereocenters. The molecule has 0 fully saturated rings. The lowest BCUT2D eigenvalue weighted by Gasteiger charge is -2.43. The molecule has 0 saturated carbocycles. The van der Waals surface area contributed by atoms with E-state index in [1.165, 1.54) is 38.5 Å². The molecule has 0 bridgehead atoms. The Kier molecular flexibility index (Phi) is 9.69. The van der Waals surface area contributed by atoms with Crippen molar-refractivity contribution in [2.45, 2.75) is 78.6 Å². The van der Waals surface area contributed by atoms with E-state index in [-0.39, 0.29) is 11.3 Å². The first kappa shape index (κ1) is 19.9. The average molecular weight is 288 g/mol. The van der Waals surface area contributed by atoms with E-state index in [2.05, 4.69) is 27.7 Å². The zero-order chi connectivity index (χ0) is 15.6. The van der Waals surface area contributed by atoms with E-state index in [4.69, 9.17) is 14.2 Å². The number of methoxy groups -OCH3 is 3. The number of rotatable bonds is 11. The Labute approximate surface area is 126 Å². The largest absolute Gasteiger partial charge is 0.331 e. The SMILES string of the molecule is CCCCCCCCC(C(C)(C)C)C(OC)(OC)OC. The van der Waals surface area contributed by atoms with Gasteiger partial charge in [0.05, 0.1) is 0 Å². The number of ether oxygens (including phenoxy) is 3. The van der Waals surface area contributed by atoms with Gasteiger partial charge in [0, 0.05) is 27.2 Å². The van der Waals surface area contributed by atoms with Gasteiger partial charge < -0.3 is 14.2 Å². The maximum Gasteiger partial charge on any atom is 0.285 e. The lowest BCUT2D eigenvalue weighted by molar-refractivity contribution is -0.391. The first-order chi connectivity index (χ1) is 9.37. The van der Waals surface area contributed by atoms with Gasteiger partial charge in [-0.2, -0.15) is 0 Å². The molecule has 1 atom stereocenters. The van der Waals surface area contributed by atoms with Crippen molar-refractivity contribution < 1.29 is 14.2 Å². The summed E-state index contributed by atoms with van der Waals surface area (Å²) < 4.78 is 16.7. The molecule has 0 radical (unpaired) electrons. The molecule has 0 aromatic rings. The molecule has 0 aliphatic carbocycles. The molecule has 0 amide bonds. The highest BCUT2D eigenvalue weighted by atomic mass is 16.9. The minimum atomic E-state index is -0.929. The van der Waals surface area contributed by atoms with Crippen molar-refractivity contribution in [1.29, 1.82) is 0 Å². The highest BCUT2D eigenvalue weighted by Crippen LogP contribution is 2.41. The van der Waals surface area contributed by atoms with E-state index in [9.17, 15) is 0 Å². The molecule has 122 valence electrons. The summed E-state index contributed by atoms with van der Waals surface area (Å²) in [5, 5.41) is 0. The predicted octanol–water partition coefficient (Wildman–Crippen LogP) is 4.99. The molecule has 0 saturated heterocycles. The summed E-state index contributed by atoms with van der Waals surface area (Å²) in [5.41, 5.74) is 0.0748. The van der Waals surface area contributed by atoms with E-state index < -0.39 is 5.97 Å². The lowest BCUT2D eigenvalue weighted by Crippen LogP contribution is -2.49. The maximum atomic E-state index is 5.58. The fourth-order valence-corrected chi connectivity index (χ4v) is 2.95. The van der Waals surface area contributed by atoms with Crippen LogP contribution >= 0.6 is 0 Å². The standard InChI is InChI=1S/C17H36O3/c1-8-9-10-11-12-13-14-15(16(2,3)4)17(18-5,19-6)20-7/h15H,8-14H2,1-7H3. The van der Waals surface area contributed by atoms with Crippen LogP contribution in [-0.4, -0.2) is 27.3 Å². The molecule has 0 aromatic heterocycles. The van der Waals surface area contributed by atoms with Crippen LogP contribution in [-0.2, 0) is 14.2 Å². The summed E-state index contributed by atoms with van der Waals surface area (Å²) in [6.45, 7) is 8.92. The summed E-state index contributed by atoms with van der Waals surface area (Å²) in [7, 11) is 4.98. The molecule has 0 aliphatic heterocycles. The molecular weight excluding hydrogens is 252 g/mol. The fraction of sp³-hybridized carbons (Fsp3) is 1.00. The van der Waals surface area contributed by atoms with E-state index in [1.807, 2.05) is 0 Å². The topological polar surface area (TPSA) is 27.7 Å². The Morgan fingerprint density at radius 1 is 0.750 bits per heavy atom. The normalized spacial score (nSPS) is 14.6. The van der Waals surface area contributed by atoms with E-state index in [0.29, 0.717) is 0 Å². The van der Waals surface area contributed by atoms with Gasteiger partial charge in [0.2, 0.25) is 0 Å². The van der Waals surface area contributed by atoms with Crippen LogP contribution in [0.2, 0.25) is 0 Å². The number of hydrogen-bond donors (Lipinski definition) is 0. The van der Waals surface area contributed by atoms with Gasteiger partial charge in [-0.25, -0.2) is 0 Å².